The Hall–Kier alpha value is 0.650. The van der Waals surface area contributed by atoms with Crippen LogP contribution in [0.25, 0.3) is 0 Å². The van der Waals surface area contributed by atoms with E-state index < -0.39 is 9.84 Å². The molecule has 0 saturated carbocycles. The Labute approximate surface area is 127 Å². The largest absolute Gasteiger partial charge is 0.229 e. The number of sulfone groups is 1. The molecule has 2 atom stereocenters. The van der Waals surface area contributed by atoms with Crippen LogP contribution in [-0.2, 0) is 9.84 Å². The molecule has 1 heterocycles. The van der Waals surface area contributed by atoms with Gasteiger partial charge in [0.25, 0.3) is 0 Å². The SMILES string of the molecule is CCCCCS[C@H]1CS(=O)(=O)C[C@@H]1SCCCCC. The highest BCUT2D eigenvalue weighted by molar-refractivity contribution is 8.06. The van der Waals surface area contributed by atoms with Gasteiger partial charge in [0, 0.05) is 10.5 Å². The third-order valence-corrected chi connectivity index (χ3v) is 8.63. The third-order valence-electron chi connectivity index (χ3n) is 3.41. The van der Waals surface area contributed by atoms with Crippen molar-refractivity contribution in [2.75, 3.05) is 23.0 Å². The predicted molar refractivity (Wildman–Crippen MR) is 90.2 cm³/mol. The molecule has 1 saturated heterocycles. The van der Waals surface area contributed by atoms with Crippen molar-refractivity contribution >= 4 is 33.4 Å². The van der Waals surface area contributed by atoms with Gasteiger partial charge in [-0.15, -0.1) is 0 Å². The summed E-state index contributed by atoms with van der Waals surface area (Å²) in [4.78, 5) is 0. The lowest BCUT2D eigenvalue weighted by Gasteiger charge is -2.17. The van der Waals surface area contributed by atoms with Crippen LogP contribution in [0.15, 0.2) is 0 Å². The highest BCUT2D eigenvalue weighted by atomic mass is 32.2. The van der Waals surface area contributed by atoms with Crippen molar-refractivity contribution in [2.24, 2.45) is 0 Å². The molecule has 1 aliphatic rings. The molecular weight excluding hydrogens is 296 g/mol. The van der Waals surface area contributed by atoms with E-state index in [1.54, 1.807) is 0 Å². The van der Waals surface area contributed by atoms with E-state index in [9.17, 15) is 8.42 Å². The third kappa shape index (κ3) is 7.28. The first kappa shape index (κ1) is 17.7. The lowest BCUT2D eigenvalue weighted by molar-refractivity contribution is 0.602. The smallest absolute Gasteiger partial charge is 0.152 e. The normalized spacial score (nSPS) is 25.8. The Morgan fingerprint density at radius 1 is 0.842 bits per heavy atom. The van der Waals surface area contributed by atoms with Gasteiger partial charge in [-0.2, -0.15) is 23.5 Å². The van der Waals surface area contributed by atoms with Crippen LogP contribution in [0.2, 0.25) is 0 Å². The fourth-order valence-electron chi connectivity index (χ4n) is 2.27. The van der Waals surface area contributed by atoms with E-state index in [0.29, 0.717) is 22.0 Å². The van der Waals surface area contributed by atoms with Crippen LogP contribution >= 0.6 is 23.5 Å². The zero-order valence-electron chi connectivity index (χ0n) is 12.3. The minimum atomic E-state index is -2.77. The molecule has 0 aliphatic carbocycles. The summed E-state index contributed by atoms with van der Waals surface area (Å²) in [6.07, 6.45) is 7.45. The summed E-state index contributed by atoms with van der Waals surface area (Å²) in [5.74, 6) is 3.07. The molecule has 0 amide bonds. The van der Waals surface area contributed by atoms with E-state index in [4.69, 9.17) is 0 Å². The monoisotopic (exact) mass is 324 g/mol. The van der Waals surface area contributed by atoms with Gasteiger partial charge in [0.2, 0.25) is 0 Å². The molecule has 0 aromatic heterocycles. The average molecular weight is 325 g/mol. The molecule has 1 aliphatic heterocycles. The number of rotatable bonds is 10. The van der Waals surface area contributed by atoms with E-state index in [0.717, 1.165) is 11.5 Å². The molecule has 0 radical (unpaired) electrons. The standard InChI is InChI=1S/C14H28O2S3/c1-3-5-7-9-17-13-11-19(15,16)12-14(13)18-10-8-6-4-2/h13-14H,3-12H2,1-2H3/t13-,14-/m0/s1. The van der Waals surface area contributed by atoms with Crippen LogP contribution in [0.4, 0.5) is 0 Å². The van der Waals surface area contributed by atoms with Crippen molar-refractivity contribution in [2.45, 2.75) is 62.9 Å². The maximum Gasteiger partial charge on any atom is 0.152 e. The van der Waals surface area contributed by atoms with E-state index in [1.807, 2.05) is 23.5 Å². The molecule has 0 aromatic carbocycles. The Kier molecular flexibility index (Phi) is 8.91. The molecule has 1 rings (SSSR count). The molecule has 2 nitrogen and oxygen atoms in total. The van der Waals surface area contributed by atoms with E-state index in [1.165, 1.54) is 38.5 Å². The van der Waals surface area contributed by atoms with Gasteiger partial charge in [0.1, 0.15) is 0 Å². The van der Waals surface area contributed by atoms with Crippen LogP contribution in [0, 0.1) is 0 Å². The lowest BCUT2D eigenvalue weighted by Crippen LogP contribution is -2.18. The van der Waals surface area contributed by atoms with Gasteiger partial charge >= 0.3 is 0 Å². The molecule has 0 spiro atoms. The van der Waals surface area contributed by atoms with Crippen LogP contribution in [0.5, 0.6) is 0 Å². The van der Waals surface area contributed by atoms with Crippen molar-refractivity contribution in [3.05, 3.63) is 0 Å². The summed E-state index contributed by atoms with van der Waals surface area (Å²) in [5.41, 5.74) is 0. The Morgan fingerprint density at radius 3 is 1.63 bits per heavy atom. The lowest BCUT2D eigenvalue weighted by atomic mass is 10.3. The summed E-state index contributed by atoms with van der Waals surface area (Å²) >= 11 is 3.80. The van der Waals surface area contributed by atoms with Gasteiger partial charge in [0.05, 0.1) is 11.5 Å². The van der Waals surface area contributed by atoms with Crippen LogP contribution in [0.3, 0.4) is 0 Å². The van der Waals surface area contributed by atoms with Crippen molar-refractivity contribution < 1.29 is 8.42 Å². The Balaban J connectivity index is 2.32. The molecule has 19 heavy (non-hydrogen) atoms. The number of hydrogen-bond donors (Lipinski definition) is 0. The summed E-state index contributed by atoms with van der Waals surface area (Å²) in [6.45, 7) is 4.41. The fourth-order valence-corrected chi connectivity index (χ4v) is 8.57. The maximum absolute atomic E-state index is 11.8. The number of hydrogen-bond acceptors (Lipinski definition) is 4. The molecule has 0 unspecified atom stereocenters. The van der Waals surface area contributed by atoms with Crippen molar-refractivity contribution in [1.82, 2.24) is 0 Å². The summed E-state index contributed by atoms with van der Waals surface area (Å²) in [6, 6.07) is 0. The Morgan fingerprint density at radius 2 is 1.26 bits per heavy atom. The highest BCUT2D eigenvalue weighted by Crippen LogP contribution is 2.34. The predicted octanol–water partition coefficient (Wildman–Crippen LogP) is 4.00. The van der Waals surface area contributed by atoms with Crippen LogP contribution < -0.4 is 0 Å². The van der Waals surface area contributed by atoms with Gasteiger partial charge in [-0.25, -0.2) is 8.42 Å². The summed E-state index contributed by atoms with van der Waals surface area (Å²) in [5, 5.41) is 0.682. The second kappa shape index (κ2) is 9.56. The minimum Gasteiger partial charge on any atom is -0.229 e. The molecule has 0 N–H and O–H groups in total. The summed E-state index contributed by atoms with van der Waals surface area (Å²) in [7, 11) is -2.77. The topological polar surface area (TPSA) is 34.1 Å². The summed E-state index contributed by atoms with van der Waals surface area (Å²) < 4.78 is 23.6. The van der Waals surface area contributed by atoms with Gasteiger partial charge in [-0.3, -0.25) is 0 Å². The van der Waals surface area contributed by atoms with Gasteiger partial charge in [0.15, 0.2) is 9.84 Å². The van der Waals surface area contributed by atoms with Gasteiger partial charge in [-0.1, -0.05) is 39.5 Å². The van der Waals surface area contributed by atoms with Crippen LogP contribution in [-0.4, -0.2) is 41.9 Å². The van der Waals surface area contributed by atoms with Crippen LogP contribution in [0.1, 0.15) is 52.4 Å². The maximum atomic E-state index is 11.8. The first-order valence-electron chi connectivity index (χ1n) is 7.52. The second-order valence-corrected chi connectivity index (χ2v) is 10.2. The number of thioether (sulfide) groups is 2. The molecule has 0 bridgehead atoms. The molecule has 114 valence electrons. The van der Waals surface area contributed by atoms with E-state index in [-0.39, 0.29) is 0 Å². The van der Waals surface area contributed by atoms with E-state index >= 15 is 0 Å². The van der Waals surface area contributed by atoms with Gasteiger partial charge in [-0.05, 0) is 24.3 Å². The first-order chi connectivity index (χ1) is 9.09. The number of unbranched alkanes of at least 4 members (excludes halogenated alkanes) is 4. The average Bonchev–Trinajstić information content (AvgIpc) is 2.65. The van der Waals surface area contributed by atoms with Gasteiger partial charge < -0.3 is 0 Å². The molecule has 1 fully saturated rings. The first-order valence-corrected chi connectivity index (χ1v) is 11.4. The molecular formula is C14H28O2S3. The van der Waals surface area contributed by atoms with Crippen molar-refractivity contribution in [1.29, 1.82) is 0 Å². The molecule has 5 heteroatoms. The van der Waals surface area contributed by atoms with Crippen molar-refractivity contribution in [3.63, 3.8) is 0 Å². The fraction of sp³-hybridized carbons (Fsp3) is 1.00. The highest BCUT2D eigenvalue weighted by Gasteiger charge is 2.37. The second-order valence-electron chi connectivity index (χ2n) is 5.31. The zero-order valence-corrected chi connectivity index (χ0v) is 14.7. The quantitative estimate of drug-likeness (QED) is 0.569. The zero-order chi connectivity index (χ0) is 14.1. The minimum absolute atomic E-state index is 0.341. The van der Waals surface area contributed by atoms with Crippen molar-refractivity contribution in [3.8, 4) is 0 Å². The Bertz CT molecular complexity index is 302. The van der Waals surface area contributed by atoms with E-state index in [2.05, 4.69) is 13.8 Å². The molecule has 0 aromatic rings.